The van der Waals surface area contributed by atoms with Crippen molar-refractivity contribution in [3.63, 3.8) is 0 Å². The first kappa shape index (κ1) is 11.0. The second-order valence-electron chi connectivity index (χ2n) is 3.43. The molecule has 0 amide bonds. The number of nitrogens with two attached hydrogens (primary N) is 1. The molecular weight excluding hydrogens is 266 g/mol. The van der Waals surface area contributed by atoms with Gasteiger partial charge in [-0.15, -0.1) is 0 Å². The van der Waals surface area contributed by atoms with Gasteiger partial charge in [-0.05, 0) is 23.8 Å². The standard InChI is InChI=1S/C13H12BrNO/c1-16-9-6-7-11(13(15)8-9)10-4-2-3-5-12(10)14/h2-8H,15H2,1H3. The zero-order chi connectivity index (χ0) is 11.5. The molecule has 0 aliphatic rings. The lowest BCUT2D eigenvalue weighted by atomic mass is 10.0. The molecule has 2 rings (SSSR count). The molecule has 0 aromatic heterocycles. The fraction of sp³-hybridized carbons (Fsp3) is 0.0769. The second kappa shape index (κ2) is 4.58. The number of hydrogen-bond acceptors (Lipinski definition) is 2. The predicted molar refractivity (Wildman–Crippen MR) is 70.5 cm³/mol. The summed E-state index contributed by atoms with van der Waals surface area (Å²) in [7, 11) is 1.63. The SMILES string of the molecule is COc1ccc(-c2ccccc2Br)c(N)c1. The summed E-state index contributed by atoms with van der Waals surface area (Å²) in [6, 6.07) is 13.7. The van der Waals surface area contributed by atoms with Crippen molar-refractivity contribution in [3.05, 3.63) is 46.9 Å². The van der Waals surface area contributed by atoms with E-state index in [0.717, 1.165) is 21.3 Å². The minimum atomic E-state index is 0.714. The van der Waals surface area contributed by atoms with Crippen molar-refractivity contribution in [2.24, 2.45) is 0 Å². The number of ether oxygens (including phenoxy) is 1. The molecule has 0 bridgehead atoms. The molecule has 0 heterocycles. The van der Waals surface area contributed by atoms with Gasteiger partial charge in [0.1, 0.15) is 5.75 Å². The van der Waals surface area contributed by atoms with E-state index >= 15 is 0 Å². The molecule has 16 heavy (non-hydrogen) atoms. The van der Waals surface area contributed by atoms with Crippen LogP contribution >= 0.6 is 15.9 Å². The smallest absolute Gasteiger partial charge is 0.120 e. The molecule has 0 saturated heterocycles. The molecule has 3 heteroatoms. The van der Waals surface area contributed by atoms with Crippen molar-refractivity contribution in [1.29, 1.82) is 0 Å². The van der Waals surface area contributed by atoms with Gasteiger partial charge in [-0.1, -0.05) is 34.1 Å². The van der Waals surface area contributed by atoms with Gasteiger partial charge in [-0.25, -0.2) is 0 Å². The average molecular weight is 278 g/mol. The van der Waals surface area contributed by atoms with Crippen LogP contribution in [-0.4, -0.2) is 7.11 Å². The lowest BCUT2D eigenvalue weighted by molar-refractivity contribution is 0.415. The zero-order valence-corrected chi connectivity index (χ0v) is 10.5. The van der Waals surface area contributed by atoms with Crippen molar-refractivity contribution in [3.8, 4) is 16.9 Å². The summed E-state index contributed by atoms with van der Waals surface area (Å²) >= 11 is 3.52. The Morgan fingerprint density at radius 3 is 2.44 bits per heavy atom. The van der Waals surface area contributed by atoms with Gasteiger partial charge < -0.3 is 10.5 Å². The van der Waals surface area contributed by atoms with E-state index in [0.29, 0.717) is 5.69 Å². The van der Waals surface area contributed by atoms with Gasteiger partial charge in [0.25, 0.3) is 0 Å². The molecule has 0 atom stereocenters. The summed E-state index contributed by atoms with van der Waals surface area (Å²) in [4.78, 5) is 0. The molecule has 0 aliphatic heterocycles. The first-order valence-electron chi connectivity index (χ1n) is 4.91. The van der Waals surface area contributed by atoms with Crippen LogP contribution < -0.4 is 10.5 Å². The van der Waals surface area contributed by atoms with Crippen LogP contribution in [0.5, 0.6) is 5.75 Å². The predicted octanol–water partition coefficient (Wildman–Crippen LogP) is 3.71. The molecule has 0 aliphatic carbocycles. The topological polar surface area (TPSA) is 35.2 Å². The first-order valence-corrected chi connectivity index (χ1v) is 5.70. The second-order valence-corrected chi connectivity index (χ2v) is 4.29. The van der Waals surface area contributed by atoms with Gasteiger partial charge in [0, 0.05) is 21.8 Å². The Hall–Kier alpha value is -1.48. The lowest BCUT2D eigenvalue weighted by Gasteiger charge is -2.09. The Bertz CT molecular complexity index is 511. The third-order valence-electron chi connectivity index (χ3n) is 2.42. The summed E-state index contributed by atoms with van der Waals surface area (Å²) in [6.45, 7) is 0. The number of hydrogen-bond donors (Lipinski definition) is 1. The summed E-state index contributed by atoms with van der Waals surface area (Å²) in [5.41, 5.74) is 8.80. The fourth-order valence-corrected chi connectivity index (χ4v) is 2.09. The Balaban J connectivity index is 2.53. The highest BCUT2D eigenvalue weighted by molar-refractivity contribution is 9.10. The molecule has 0 radical (unpaired) electrons. The van der Waals surface area contributed by atoms with E-state index in [1.165, 1.54) is 0 Å². The molecular formula is C13H12BrNO. The molecule has 0 unspecified atom stereocenters. The van der Waals surface area contributed by atoms with Crippen LogP contribution in [0.15, 0.2) is 46.9 Å². The van der Waals surface area contributed by atoms with E-state index in [1.54, 1.807) is 7.11 Å². The van der Waals surface area contributed by atoms with E-state index < -0.39 is 0 Å². The van der Waals surface area contributed by atoms with Crippen molar-refractivity contribution < 1.29 is 4.74 Å². The number of halogens is 1. The quantitative estimate of drug-likeness (QED) is 0.850. The molecule has 2 nitrogen and oxygen atoms in total. The monoisotopic (exact) mass is 277 g/mol. The number of nitrogen functional groups attached to an aromatic ring is 1. The molecule has 2 aromatic carbocycles. The number of anilines is 1. The largest absolute Gasteiger partial charge is 0.497 e. The van der Waals surface area contributed by atoms with E-state index in [4.69, 9.17) is 10.5 Å². The molecule has 0 saturated carbocycles. The van der Waals surface area contributed by atoms with Crippen LogP contribution in [0, 0.1) is 0 Å². The fourth-order valence-electron chi connectivity index (χ4n) is 1.59. The summed E-state index contributed by atoms with van der Waals surface area (Å²) in [5.74, 6) is 0.772. The lowest BCUT2D eigenvalue weighted by Crippen LogP contribution is -1.92. The molecule has 2 aromatic rings. The van der Waals surface area contributed by atoms with Crippen molar-refractivity contribution >= 4 is 21.6 Å². The van der Waals surface area contributed by atoms with Crippen molar-refractivity contribution in [2.45, 2.75) is 0 Å². The van der Waals surface area contributed by atoms with Crippen LogP contribution in [0.3, 0.4) is 0 Å². The van der Waals surface area contributed by atoms with Gasteiger partial charge in [-0.2, -0.15) is 0 Å². The summed E-state index contributed by atoms with van der Waals surface area (Å²) in [5, 5.41) is 0. The van der Waals surface area contributed by atoms with Crippen molar-refractivity contribution in [1.82, 2.24) is 0 Å². The van der Waals surface area contributed by atoms with Crippen LogP contribution in [0.4, 0.5) is 5.69 Å². The molecule has 82 valence electrons. The number of rotatable bonds is 2. The third-order valence-corrected chi connectivity index (χ3v) is 3.11. The van der Waals surface area contributed by atoms with Gasteiger partial charge in [0.15, 0.2) is 0 Å². The Morgan fingerprint density at radius 1 is 1.06 bits per heavy atom. The maximum absolute atomic E-state index is 6.00. The highest BCUT2D eigenvalue weighted by atomic mass is 79.9. The van der Waals surface area contributed by atoms with Gasteiger partial charge >= 0.3 is 0 Å². The molecule has 0 spiro atoms. The van der Waals surface area contributed by atoms with E-state index in [1.807, 2.05) is 42.5 Å². The maximum Gasteiger partial charge on any atom is 0.120 e. The molecule has 0 fully saturated rings. The van der Waals surface area contributed by atoms with E-state index in [2.05, 4.69) is 15.9 Å². The van der Waals surface area contributed by atoms with Crippen LogP contribution in [0.2, 0.25) is 0 Å². The minimum absolute atomic E-state index is 0.714. The highest BCUT2D eigenvalue weighted by Gasteiger charge is 2.06. The Labute approximate surface area is 103 Å². The summed E-state index contributed by atoms with van der Waals surface area (Å²) in [6.07, 6.45) is 0. The van der Waals surface area contributed by atoms with Gasteiger partial charge in [-0.3, -0.25) is 0 Å². The van der Waals surface area contributed by atoms with Crippen molar-refractivity contribution in [2.75, 3.05) is 12.8 Å². The normalized spacial score (nSPS) is 10.1. The number of benzene rings is 2. The number of methoxy groups -OCH3 is 1. The van der Waals surface area contributed by atoms with Crippen LogP contribution in [0.25, 0.3) is 11.1 Å². The zero-order valence-electron chi connectivity index (χ0n) is 8.91. The third kappa shape index (κ3) is 2.04. The summed E-state index contributed by atoms with van der Waals surface area (Å²) < 4.78 is 6.16. The maximum atomic E-state index is 6.00. The Morgan fingerprint density at radius 2 is 1.81 bits per heavy atom. The van der Waals surface area contributed by atoms with E-state index in [9.17, 15) is 0 Å². The van der Waals surface area contributed by atoms with Gasteiger partial charge in [0.2, 0.25) is 0 Å². The van der Waals surface area contributed by atoms with E-state index in [-0.39, 0.29) is 0 Å². The van der Waals surface area contributed by atoms with Crippen LogP contribution in [-0.2, 0) is 0 Å². The average Bonchev–Trinajstić information content (AvgIpc) is 2.30. The first-order chi connectivity index (χ1) is 7.72. The Kier molecular flexibility index (Phi) is 3.15. The highest BCUT2D eigenvalue weighted by Crippen LogP contribution is 2.33. The van der Waals surface area contributed by atoms with Crippen LogP contribution in [0.1, 0.15) is 0 Å². The molecule has 2 N–H and O–H groups in total. The minimum Gasteiger partial charge on any atom is -0.497 e. The van der Waals surface area contributed by atoms with Gasteiger partial charge in [0.05, 0.1) is 7.11 Å².